The van der Waals surface area contributed by atoms with Crippen molar-refractivity contribution < 1.29 is 27.4 Å². The minimum atomic E-state index is -3.99. The first-order valence-electron chi connectivity index (χ1n) is 9.74. The molecule has 1 heterocycles. The third kappa shape index (κ3) is 4.91. The number of carbonyl (C=O) groups is 1. The average Bonchev–Trinajstić information content (AvgIpc) is 2.80. The summed E-state index contributed by atoms with van der Waals surface area (Å²) in [5.74, 6) is 0.866. The van der Waals surface area contributed by atoms with Crippen molar-refractivity contribution in [3.05, 3.63) is 65.2 Å². The van der Waals surface area contributed by atoms with Crippen LogP contribution in [-0.2, 0) is 10.0 Å². The van der Waals surface area contributed by atoms with Crippen LogP contribution in [0.5, 0.6) is 17.2 Å². The Labute approximate surface area is 195 Å². The van der Waals surface area contributed by atoms with Crippen LogP contribution in [0.25, 0.3) is 0 Å². The van der Waals surface area contributed by atoms with Gasteiger partial charge in [0.05, 0.1) is 28.3 Å². The summed E-state index contributed by atoms with van der Waals surface area (Å²) in [6.07, 6.45) is 0. The SMILES string of the molecule is COc1ccc(NS(=O)(=O)c2ccc(N)c(C(=O)Nc3cc4c(cc3Cl)OCCO4)c2)cc1. The molecule has 0 fully saturated rings. The lowest BCUT2D eigenvalue weighted by molar-refractivity contribution is 0.102. The van der Waals surface area contributed by atoms with Gasteiger partial charge in [0.1, 0.15) is 19.0 Å². The minimum absolute atomic E-state index is 0.0291. The normalized spacial score (nSPS) is 12.7. The number of sulfonamides is 1. The maximum absolute atomic E-state index is 12.9. The number of hydrogen-bond donors (Lipinski definition) is 3. The van der Waals surface area contributed by atoms with Gasteiger partial charge >= 0.3 is 0 Å². The monoisotopic (exact) mass is 489 g/mol. The molecule has 3 aromatic rings. The first-order valence-corrected chi connectivity index (χ1v) is 11.6. The number of anilines is 3. The molecule has 11 heteroatoms. The van der Waals surface area contributed by atoms with Crippen molar-refractivity contribution in [2.45, 2.75) is 4.90 Å². The van der Waals surface area contributed by atoms with Gasteiger partial charge in [0, 0.05) is 23.5 Å². The number of hydrogen-bond acceptors (Lipinski definition) is 7. The van der Waals surface area contributed by atoms with Crippen LogP contribution in [0.2, 0.25) is 5.02 Å². The Morgan fingerprint density at radius 2 is 1.70 bits per heavy atom. The highest BCUT2D eigenvalue weighted by molar-refractivity contribution is 7.92. The number of fused-ring (bicyclic) bond motifs is 1. The second kappa shape index (κ2) is 9.08. The number of rotatable bonds is 6. The zero-order chi connectivity index (χ0) is 23.6. The van der Waals surface area contributed by atoms with Gasteiger partial charge in [0.2, 0.25) is 0 Å². The molecule has 172 valence electrons. The Hall–Kier alpha value is -3.63. The number of nitrogens with one attached hydrogen (secondary N) is 2. The van der Waals surface area contributed by atoms with Crippen LogP contribution in [0, 0.1) is 0 Å². The lowest BCUT2D eigenvalue weighted by atomic mass is 10.1. The maximum atomic E-state index is 12.9. The predicted octanol–water partition coefficient (Wildman–Crippen LogP) is 3.76. The highest BCUT2D eigenvalue weighted by atomic mass is 35.5. The van der Waals surface area contributed by atoms with Gasteiger partial charge in [0.15, 0.2) is 11.5 Å². The van der Waals surface area contributed by atoms with E-state index < -0.39 is 15.9 Å². The van der Waals surface area contributed by atoms with Crippen molar-refractivity contribution in [2.75, 3.05) is 36.1 Å². The van der Waals surface area contributed by atoms with Crippen LogP contribution < -0.4 is 30.0 Å². The lowest BCUT2D eigenvalue weighted by Gasteiger charge is -2.20. The Kier molecular flexibility index (Phi) is 6.21. The van der Waals surface area contributed by atoms with E-state index in [9.17, 15) is 13.2 Å². The molecule has 0 unspecified atom stereocenters. The smallest absolute Gasteiger partial charge is 0.261 e. The number of nitrogens with two attached hydrogens (primary N) is 1. The largest absolute Gasteiger partial charge is 0.497 e. The fourth-order valence-electron chi connectivity index (χ4n) is 3.12. The second-order valence-electron chi connectivity index (χ2n) is 7.01. The third-order valence-corrected chi connectivity index (χ3v) is 6.49. The van der Waals surface area contributed by atoms with Gasteiger partial charge in [0.25, 0.3) is 15.9 Å². The summed E-state index contributed by atoms with van der Waals surface area (Å²) in [4.78, 5) is 12.8. The molecule has 9 nitrogen and oxygen atoms in total. The molecule has 0 aromatic heterocycles. The number of methoxy groups -OCH3 is 1. The van der Waals surface area contributed by atoms with Crippen molar-refractivity contribution >= 4 is 44.6 Å². The van der Waals surface area contributed by atoms with E-state index in [-0.39, 0.29) is 26.9 Å². The molecule has 4 rings (SSSR count). The number of ether oxygens (including phenoxy) is 3. The average molecular weight is 490 g/mol. The van der Waals surface area contributed by atoms with Crippen LogP contribution in [0.4, 0.5) is 17.1 Å². The zero-order valence-electron chi connectivity index (χ0n) is 17.4. The van der Waals surface area contributed by atoms with Gasteiger partial charge in [-0.05, 0) is 42.5 Å². The van der Waals surface area contributed by atoms with Gasteiger partial charge in [-0.3, -0.25) is 9.52 Å². The van der Waals surface area contributed by atoms with E-state index in [1.54, 1.807) is 24.3 Å². The molecule has 1 amide bonds. The molecule has 0 saturated heterocycles. The van der Waals surface area contributed by atoms with Crippen LogP contribution in [0.15, 0.2) is 59.5 Å². The molecule has 33 heavy (non-hydrogen) atoms. The summed E-state index contributed by atoms with van der Waals surface area (Å²) < 4.78 is 44.2. The molecular formula is C22H20ClN3O6S. The zero-order valence-corrected chi connectivity index (χ0v) is 19.0. The van der Waals surface area contributed by atoms with Crippen LogP contribution in [0.3, 0.4) is 0 Å². The molecule has 3 aromatic carbocycles. The summed E-state index contributed by atoms with van der Waals surface area (Å²) in [6.45, 7) is 0.771. The molecule has 0 aliphatic carbocycles. The highest BCUT2D eigenvalue weighted by Gasteiger charge is 2.21. The van der Waals surface area contributed by atoms with Gasteiger partial charge in [-0.25, -0.2) is 8.42 Å². The van der Waals surface area contributed by atoms with E-state index in [0.29, 0.717) is 36.1 Å². The number of nitrogen functional groups attached to an aromatic ring is 1. The topological polar surface area (TPSA) is 129 Å². The van der Waals surface area contributed by atoms with Crippen molar-refractivity contribution in [3.63, 3.8) is 0 Å². The Morgan fingerprint density at radius 1 is 1.03 bits per heavy atom. The summed E-state index contributed by atoms with van der Waals surface area (Å²) >= 11 is 6.25. The van der Waals surface area contributed by atoms with E-state index in [1.165, 1.54) is 37.4 Å². The molecule has 0 atom stereocenters. The molecule has 0 saturated carbocycles. The number of carbonyl (C=O) groups excluding carboxylic acids is 1. The van der Waals surface area contributed by atoms with Gasteiger partial charge in [-0.1, -0.05) is 11.6 Å². The Bertz CT molecular complexity index is 1310. The minimum Gasteiger partial charge on any atom is -0.497 e. The van der Waals surface area contributed by atoms with Gasteiger partial charge in [-0.2, -0.15) is 0 Å². The third-order valence-electron chi connectivity index (χ3n) is 4.80. The molecule has 4 N–H and O–H groups in total. The number of benzene rings is 3. The summed E-state index contributed by atoms with van der Waals surface area (Å²) in [5, 5.41) is 2.88. The molecule has 0 radical (unpaired) electrons. The first kappa shape index (κ1) is 22.6. The number of halogens is 1. The van der Waals surface area contributed by atoms with Crippen molar-refractivity contribution in [3.8, 4) is 17.2 Å². The Morgan fingerprint density at radius 3 is 2.36 bits per heavy atom. The maximum Gasteiger partial charge on any atom is 0.261 e. The first-order chi connectivity index (χ1) is 15.8. The lowest BCUT2D eigenvalue weighted by Crippen LogP contribution is -2.18. The number of amides is 1. The van der Waals surface area contributed by atoms with Crippen LogP contribution in [0.1, 0.15) is 10.4 Å². The van der Waals surface area contributed by atoms with E-state index >= 15 is 0 Å². The van der Waals surface area contributed by atoms with Crippen molar-refractivity contribution in [2.24, 2.45) is 0 Å². The molecule has 1 aliphatic rings. The van der Waals surface area contributed by atoms with E-state index in [4.69, 9.17) is 31.5 Å². The van der Waals surface area contributed by atoms with Crippen LogP contribution >= 0.6 is 11.6 Å². The molecule has 1 aliphatic heterocycles. The highest BCUT2D eigenvalue weighted by Crippen LogP contribution is 2.38. The van der Waals surface area contributed by atoms with Crippen molar-refractivity contribution in [1.82, 2.24) is 0 Å². The molecule has 0 spiro atoms. The fourth-order valence-corrected chi connectivity index (χ4v) is 4.41. The summed E-state index contributed by atoms with van der Waals surface area (Å²) in [7, 11) is -2.48. The quantitative estimate of drug-likeness (QED) is 0.449. The molecular weight excluding hydrogens is 470 g/mol. The summed E-state index contributed by atoms with van der Waals surface area (Å²) in [6, 6.07) is 13.3. The van der Waals surface area contributed by atoms with E-state index in [2.05, 4.69) is 10.0 Å². The standard InChI is InChI=1S/C22H20ClN3O6S/c1-30-14-4-2-13(3-5-14)26-33(28,29)15-6-7-18(24)16(10-15)22(27)25-19-12-21-20(11-17(19)23)31-8-9-32-21/h2-7,10-12,26H,8-9,24H2,1H3,(H,25,27). The van der Waals surface area contributed by atoms with E-state index in [0.717, 1.165) is 0 Å². The summed E-state index contributed by atoms with van der Waals surface area (Å²) in [5.41, 5.74) is 6.63. The van der Waals surface area contributed by atoms with Gasteiger partial charge in [-0.15, -0.1) is 0 Å². The van der Waals surface area contributed by atoms with Gasteiger partial charge < -0.3 is 25.3 Å². The molecule has 0 bridgehead atoms. The van der Waals surface area contributed by atoms with Crippen molar-refractivity contribution in [1.29, 1.82) is 0 Å². The predicted molar refractivity (Wildman–Crippen MR) is 125 cm³/mol. The second-order valence-corrected chi connectivity index (χ2v) is 9.10. The van der Waals surface area contributed by atoms with Crippen LogP contribution in [-0.4, -0.2) is 34.6 Å². The Balaban J connectivity index is 1.58. The van der Waals surface area contributed by atoms with E-state index in [1.807, 2.05) is 0 Å². The fraction of sp³-hybridized carbons (Fsp3) is 0.136.